The highest BCUT2D eigenvalue weighted by atomic mass is 19.4. The summed E-state index contributed by atoms with van der Waals surface area (Å²) in [5.74, 6) is 0.894. The molecule has 0 saturated heterocycles. The van der Waals surface area contributed by atoms with Gasteiger partial charge in [0.25, 0.3) is 0 Å². The summed E-state index contributed by atoms with van der Waals surface area (Å²) >= 11 is 0. The van der Waals surface area contributed by atoms with Crippen molar-refractivity contribution in [3.63, 3.8) is 0 Å². The van der Waals surface area contributed by atoms with E-state index in [1.54, 1.807) is 0 Å². The van der Waals surface area contributed by atoms with Crippen molar-refractivity contribution in [1.82, 2.24) is 0 Å². The third kappa shape index (κ3) is 1.94. The summed E-state index contributed by atoms with van der Waals surface area (Å²) in [6, 6.07) is 4.28. The molecular weight excluding hydrogens is 196 g/mol. The van der Waals surface area contributed by atoms with Gasteiger partial charge in [0.2, 0.25) is 6.79 Å². The van der Waals surface area contributed by atoms with Crippen LogP contribution in [0.15, 0.2) is 18.2 Å². The number of rotatable bonds is 2. The van der Waals surface area contributed by atoms with Crippen molar-refractivity contribution >= 4 is 6.98 Å². The lowest BCUT2D eigenvalue weighted by Crippen LogP contribution is -2.19. The molecule has 14 heavy (non-hydrogen) atoms. The molecule has 6 heteroatoms. The second-order valence-corrected chi connectivity index (χ2v) is 3.10. The molecule has 0 aromatic heterocycles. The first-order valence-electron chi connectivity index (χ1n) is 4.14. The first kappa shape index (κ1) is 9.24. The van der Waals surface area contributed by atoms with Crippen molar-refractivity contribution in [2.75, 3.05) is 6.79 Å². The van der Waals surface area contributed by atoms with Gasteiger partial charge in [-0.3, -0.25) is 0 Å². The predicted octanol–water partition coefficient (Wildman–Crippen LogP) is 2.34. The van der Waals surface area contributed by atoms with Crippen molar-refractivity contribution in [2.45, 2.75) is 6.32 Å². The second-order valence-electron chi connectivity index (χ2n) is 3.10. The topological polar surface area (TPSA) is 18.5 Å². The Morgan fingerprint density at radius 3 is 2.57 bits per heavy atom. The molecule has 0 radical (unpaired) electrons. The lowest BCUT2D eigenvalue weighted by molar-refractivity contribution is 0.174. The minimum Gasteiger partial charge on any atom is -0.454 e. The van der Waals surface area contributed by atoms with E-state index >= 15 is 0 Å². The summed E-state index contributed by atoms with van der Waals surface area (Å²) in [6.07, 6.45) is -0.878. The average Bonchev–Trinajstić information content (AvgIpc) is 2.47. The van der Waals surface area contributed by atoms with Gasteiger partial charge in [-0.15, -0.1) is 0 Å². The van der Waals surface area contributed by atoms with Gasteiger partial charge in [-0.05, 0) is 12.1 Å². The highest BCUT2D eigenvalue weighted by Gasteiger charge is 2.24. The van der Waals surface area contributed by atoms with E-state index in [9.17, 15) is 12.9 Å². The van der Waals surface area contributed by atoms with Gasteiger partial charge in [-0.2, -0.15) is 0 Å². The quantitative estimate of drug-likeness (QED) is 0.686. The summed E-state index contributed by atoms with van der Waals surface area (Å²) in [5, 5.41) is 0. The maximum Gasteiger partial charge on any atom is 0.482 e. The van der Waals surface area contributed by atoms with Gasteiger partial charge in [0, 0.05) is 0 Å². The van der Waals surface area contributed by atoms with Crippen LogP contribution in [-0.2, 0) is 6.32 Å². The van der Waals surface area contributed by atoms with E-state index in [1.165, 1.54) is 18.2 Å². The highest BCUT2D eigenvalue weighted by molar-refractivity contribution is 6.57. The van der Waals surface area contributed by atoms with Crippen LogP contribution < -0.4 is 9.47 Å². The molecule has 0 saturated carbocycles. The summed E-state index contributed by atoms with van der Waals surface area (Å²) in [6.45, 7) is -4.71. The molecule has 76 valence electrons. The fourth-order valence-electron chi connectivity index (χ4n) is 1.34. The van der Waals surface area contributed by atoms with Crippen LogP contribution in [0.25, 0.3) is 0 Å². The molecule has 0 N–H and O–H groups in total. The summed E-state index contributed by atoms with van der Waals surface area (Å²) in [5.41, 5.74) is 0.210. The average molecular weight is 203 g/mol. The molecule has 1 aromatic carbocycles. The number of halogens is 3. The van der Waals surface area contributed by atoms with Crippen molar-refractivity contribution in [3.05, 3.63) is 23.8 Å². The van der Waals surface area contributed by atoms with Gasteiger partial charge in [0.1, 0.15) is 0 Å². The Kier molecular flexibility index (Phi) is 2.05. The van der Waals surface area contributed by atoms with E-state index in [4.69, 9.17) is 9.47 Å². The monoisotopic (exact) mass is 203 g/mol. The maximum atomic E-state index is 12.1. The van der Waals surface area contributed by atoms with Crippen LogP contribution >= 0.6 is 0 Å². The Labute approximate surface area is 78.7 Å². The van der Waals surface area contributed by atoms with Gasteiger partial charge < -0.3 is 22.4 Å². The van der Waals surface area contributed by atoms with Gasteiger partial charge in [-0.1, -0.05) is 17.9 Å². The van der Waals surface area contributed by atoms with Gasteiger partial charge in [-0.25, -0.2) is 0 Å². The zero-order valence-electron chi connectivity index (χ0n) is 7.17. The largest absolute Gasteiger partial charge is 0.482 e. The molecule has 2 rings (SSSR count). The lowest BCUT2D eigenvalue weighted by Gasteiger charge is -2.13. The molecular formula is C8H7BF3O2-. The summed E-state index contributed by atoms with van der Waals surface area (Å²) in [7, 11) is 0. The molecule has 1 aliphatic rings. The summed E-state index contributed by atoms with van der Waals surface area (Å²) in [4.78, 5) is 0. The molecule has 0 bridgehead atoms. The Balaban J connectivity index is 2.21. The van der Waals surface area contributed by atoms with Crippen LogP contribution in [0.3, 0.4) is 0 Å². The fourth-order valence-corrected chi connectivity index (χ4v) is 1.34. The van der Waals surface area contributed by atoms with Crippen molar-refractivity contribution in [3.8, 4) is 11.5 Å². The van der Waals surface area contributed by atoms with Crippen LogP contribution in [-0.4, -0.2) is 13.8 Å². The van der Waals surface area contributed by atoms with E-state index in [-0.39, 0.29) is 12.4 Å². The van der Waals surface area contributed by atoms with Crippen LogP contribution in [0.5, 0.6) is 11.5 Å². The predicted molar refractivity (Wildman–Crippen MR) is 45.3 cm³/mol. The van der Waals surface area contributed by atoms with Crippen LogP contribution in [0, 0.1) is 0 Å². The fraction of sp³-hybridized carbons (Fsp3) is 0.250. The van der Waals surface area contributed by atoms with Crippen LogP contribution in [0.4, 0.5) is 12.9 Å². The van der Waals surface area contributed by atoms with Crippen molar-refractivity contribution < 1.29 is 22.4 Å². The van der Waals surface area contributed by atoms with Gasteiger partial charge >= 0.3 is 6.98 Å². The Morgan fingerprint density at radius 2 is 1.86 bits per heavy atom. The molecule has 1 aliphatic heterocycles. The minimum atomic E-state index is -4.79. The van der Waals surface area contributed by atoms with Crippen molar-refractivity contribution in [1.29, 1.82) is 0 Å². The SMILES string of the molecule is F[B-](F)(F)Cc1ccc2c(c1)OCO2. The molecule has 2 nitrogen and oxygen atoms in total. The number of ether oxygens (including phenoxy) is 2. The van der Waals surface area contributed by atoms with Crippen LogP contribution in [0.2, 0.25) is 0 Å². The van der Waals surface area contributed by atoms with E-state index in [2.05, 4.69) is 0 Å². The number of hydrogen-bond donors (Lipinski definition) is 0. The zero-order chi connectivity index (χ0) is 10.2. The molecule has 0 aliphatic carbocycles. The van der Waals surface area contributed by atoms with Gasteiger partial charge in [0.05, 0.1) is 0 Å². The molecule has 1 aromatic rings. The number of benzene rings is 1. The van der Waals surface area contributed by atoms with E-state index in [1.807, 2.05) is 0 Å². The van der Waals surface area contributed by atoms with Gasteiger partial charge in [0.15, 0.2) is 11.5 Å². The molecule has 0 spiro atoms. The van der Waals surface area contributed by atoms with Crippen molar-refractivity contribution in [2.24, 2.45) is 0 Å². The Bertz CT molecular complexity index is 351. The molecule has 1 heterocycles. The smallest absolute Gasteiger partial charge is 0.454 e. The molecule has 0 unspecified atom stereocenters. The minimum absolute atomic E-state index is 0.0793. The standard InChI is InChI=1S/C8H7BF3O2/c10-9(11,12)4-6-1-2-7-8(3-6)14-5-13-7/h1-3H,4-5H2/q-1. The normalized spacial score (nSPS) is 14.5. The first-order chi connectivity index (χ1) is 6.54. The highest BCUT2D eigenvalue weighted by Crippen LogP contribution is 2.33. The molecule has 0 atom stereocenters. The third-order valence-corrected chi connectivity index (χ3v) is 1.90. The zero-order valence-corrected chi connectivity index (χ0v) is 7.17. The maximum absolute atomic E-state index is 12.1. The lowest BCUT2D eigenvalue weighted by atomic mass is 9.82. The second kappa shape index (κ2) is 3.11. The number of hydrogen-bond acceptors (Lipinski definition) is 2. The Hall–Kier alpha value is -1.33. The molecule has 0 amide bonds. The van der Waals surface area contributed by atoms with E-state index in [0.717, 1.165) is 0 Å². The molecule has 0 fully saturated rings. The van der Waals surface area contributed by atoms with Crippen LogP contribution in [0.1, 0.15) is 5.56 Å². The van der Waals surface area contributed by atoms with E-state index < -0.39 is 13.3 Å². The number of fused-ring (bicyclic) bond motifs is 1. The third-order valence-electron chi connectivity index (χ3n) is 1.90. The van der Waals surface area contributed by atoms with E-state index in [0.29, 0.717) is 11.5 Å². The Morgan fingerprint density at radius 1 is 1.14 bits per heavy atom. The summed E-state index contributed by atoms with van der Waals surface area (Å²) < 4.78 is 46.2. The first-order valence-corrected chi connectivity index (χ1v) is 4.14.